The molecule has 0 spiro atoms. The number of nitrogens with zero attached hydrogens (tertiary/aromatic N) is 2. The second-order valence-corrected chi connectivity index (χ2v) is 12.5. The van der Waals surface area contributed by atoms with Gasteiger partial charge < -0.3 is 20.7 Å². The Labute approximate surface area is 205 Å². The van der Waals surface area contributed by atoms with E-state index in [0.29, 0.717) is 17.9 Å². The van der Waals surface area contributed by atoms with E-state index < -0.39 is 29.1 Å². The first-order valence-corrected chi connectivity index (χ1v) is 14.5. The van der Waals surface area contributed by atoms with Gasteiger partial charge in [0.05, 0.1) is 23.4 Å². The van der Waals surface area contributed by atoms with E-state index in [4.69, 9.17) is 10.3 Å². The topological polar surface area (TPSA) is 157 Å². The summed E-state index contributed by atoms with van der Waals surface area (Å²) in [5.74, 6) is 0.0650. The van der Waals surface area contributed by atoms with Gasteiger partial charge in [-0.15, -0.1) is 0 Å². The molecule has 3 aromatic rings. The Hall–Kier alpha value is -2.82. The molecule has 2 atom stereocenters. The zero-order valence-corrected chi connectivity index (χ0v) is 21.5. The van der Waals surface area contributed by atoms with Crippen LogP contribution >= 0.6 is 7.52 Å². The van der Waals surface area contributed by atoms with Crippen LogP contribution in [0.5, 0.6) is 0 Å². The maximum absolute atomic E-state index is 12.8. The zero-order chi connectivity index (χ0) is 25.6. The summed E-state index contributed by atoms with van der Waals surface area (Å²) in [6.07, 6.45) is 0.242. The number of benzene rings is 2. The van der Waals surface area contributed by atoms with Crippen LogP contribution in [0.25, 0.3) is 11.3 Å². The molecule has 10 nitrogen and oxygen atoms in total. The molecule has 0 amide bonds. The number of hydrogen-bond acceptors (Lipinski definition) is 9. The molecule has 3 rings (SSSR count). The second kappa shape index (κ2) is 11.3. The highest BCUT2D eigenvalue weighted by Crippen LogP contribution is 2.44. The number of sulfone groups is 1. The summed E-state index contributed by atoms with van der Waals surface area (Å²) in [7, 11) is -7.43. The van der Waals surface area contributed by atoms with E-state index in [-0.39, 0.29) is 23.0 Å². The van der Waals surface area contributed by atoms with Crippen molar-refractivity contribution in [3.63, 3.8) is 0 Å². The van der Waals surface area contributed by atoms with E-state index in [9.17, 15) is 18.1 Å². The number of nitrogens with two attached hydrogens (primary N) is 1. The number of aryl methyl sites for hydroxylation is 1. The molecule has 0 saturated heterocycles. The van der Waals surface area contributed by atoms with Crippen molar-refractivity contribution < 1.29 is 22.6 Å². The molecule has 0 fully saturated rings. The van der Waals surface area contributed by atoms with Crippen LogP contribution < -0.4 is 16.1 Å². The Bertz CT molecular complexity index is 1290. The third kappa shape index (κ3) is 6.87. The van der Waals surface area contributed by atoms with Gasteiger partial charge in [-0.2, -0.15) is 0 Å². The van der Waals surface area contributed by atoms with Gasteiger partial charge in [0, 0.05) is 17.8 Å². The molecule has 0 saturated carbocycles. The van der Waals surface area contributed by atoms with Crippen molar-refractivity contribution in [1.29, 1.82) is 0 Å². The van der Waals surface area contributed by atoms with Crippen LogP contribution in [0.15, 0.2) is 59.6 Å². The average Bonchev–Trinajstić information content (AvgIpc) is 2.80. The van der Waals surface area contributed by atoms with Crippen LogP contribution in [0.1, 0.15) is 31.3 Å². The summed E-state index contributed by atoms with van der Waals surface area (Å²) in [5.41, 5.74) is 8.33. The smallest absolute Gasteiger partial charge is 0.285 e. The van der Waals surface area contributed by atoms with Gasteiger partial charge in [0.15, 0.2) is 16.1 Å². The SMILES string of the molecule is CCNP(=O)(CS(=O)(=O)c1ccc(NC(O)c2nc(-c3ccc(C)cc3)cnc2N)cc1)OCC. The van der Waals surface area contributed by atoms with Gasteiger partial charge in [0.2, 0.25) is 0 Å². The van der Waals surface area contributed by atoms with Crippen molar-refractivity contribution in [2.24, 2.45) is 0 Å². The molecule has 1 heterocycles. The molecule has 12 heteroatoms. The van der Waals surface area contributed by atoms with Crippen molar-refractivity contribution in [3.05, 3.63) is 66.0 Å². The van der Waals surface area contributed by atoms with Gasteiger partial charge in [0.25, 0.3) is 7.52 Å². The average molecular weight is 520 g/mol. The summed E-state index contributed by atoms with van der Waals surface area (Å²) < 4.78 is 43.6. The molecule has 0 radical (unpaired) electrons. The highest BCUT2D eigenvalue weighted by Gasteiger charge is 2.31. The van der Waals surface area contributed by atoms with Gasteiger partial charge in [-0.05, 0) is 38.1 Å². The molecule has 0 bridgehead atoms. The van der Waals surface area contributed by atoms with Gasteiger partial charge >= 0.3 is 0 Å². The summed E-state index contributed by atoms with van der Waals surface area (Å²) in [4.78, 5) is 8.58. The molecule has 0 aliphatic carbocycles. The fourth-order valence-electron chi connectivity index (χ4n) is 3.34. The maximum atomic E-state index is 12.8. The predicted octanol–water partition coefficient (Wildman–Crippen LogP) is 3.71. The minimum atomic E-state index is -3.89. The quantitative estimate of drug-likeness (QED) is 0.217. The van der Waals surface area contributed by atoms with Crippen molar-refractivity contribution >= 4 is 28.9 Å². The monoisotopic (exact) mass is 519 g/mol. The summed E-state index contributed by atoms with van der Waals surface area (Å²) in [6, 6.07) is 13.4. The second-order valence-electron chi connectivity index (χ2n) is 7.81. The first-order valence-electron chi connectivity index (χ1n) is 11.0. The van der Waals surface area contributed by atoms with Gasteiger partial charge in [0.1, 0.15) is 17.0 Å². The molecular weight excluding hydrogens is 489 g/mol. The number of nitrogen functional groups attached to an aromatic ring is 1. The Morgan fingerprint density at radius 2 is 1.77 bits per heavy atom. The summed E-state index contributed by atoms with van der Waals surface area (Å²) in [6.45, 7) is 5.78. The standard InChI is InChI=1S/C23H30N5O5PS/c1-4-26-34(30,33-5-2)15-35(31,32)19-12-10-18(11-13-19)27-23(29)21-22(24)25-14-20(28-21)17-8-6-16(3)7-9-17/h6-14,23,27,29H,4-5,15H2,1-3H3,(H2,24,25)(H,26,30). The zero-order valence-electron chi connectivity index (χ0n) is 19.8. The van der Waals surface area contributed by atoms with Crippen molar-refractivity contribution in [1.82, 2.24) is 15.1 Å². The maximum Gasteiger partial charge on any atom is 0.285 e. The van der Waals surface area contributed by atoms with Crippen molar-refractivity contribution in [2.75, 3.05) is 29.7 Å². The predicted molar refractivity (Wildman–Crippen MR) is 137 cm³/mol. The number of aliphatic hydroxyl groups excluding tert-OH is 1. The van der Waals surface area contributed by atoms with Crippen LogP contribution in [-0.4, -0.2) is 42.1 Å². The molecule has 2 aromatic carbocycles. The lowest BCUT2D eigenvalue weighted by Crippen LogP contribution is -2.19. The lowest BCUT2D eigenvalue weighted by molar-refractivity contribution is 0.204. The fraction of sp³-hybridized carbons (Fsp3) is 0.304. The molecule has 1 aromatic heterocycles. The molecular formula is C23H30N5O5PS. The Kier molecular flexibility index (Phi) is 8.63. The van der Waals surface area contributed by atoms with Gasteiger partial charge in [-0.25, -0.2) is 23.5 Å². The van der Waals surface area contributed by atoms with E-state index in [1.165, 1.54) is 30.5 Å². The number of aromatic nitrogens is 2. The van der Waals surface area contributed by atoms with E-state index >= 15 is 0 Å². The Morgan fingerprint density at radius 3 is 2.37 bits per heavy atom. The fourth-order valence-corrected chi connectivity index (χ4v) is 7.93. The van der Waals surface area contributed by atoms with Gasteiger partial charge in [-0.1, -0.05) is 36.8 Å². The van der Waals surface area contributed by atoms with Crippen LogP contribution in [0, 0.1) is 6.92 Å². The molecule has 2 unspecified atom stereocenters. The number of hydrogen-bond donors (Lipinski definition) is 4. The van der Waals surface area contributed by atoms with E-state index in [0.717, 1.165) is 11.1 Å². The van der Waals surface area contributed by atoms with E-state index in [1.54, 1.807) is 13.8 Å². The number of rotatable bonds is 11. The summed E-state index contributed by atoms with van der Waals surface area (Å²) >= 11 is 0. The van der Waals surface area contributed by atoms with Gasteiger partial charge in [-0.3, -0.25) is 4.57 Å². The van der Waals surface area contributed by atoms with Crippen molar-refractivity contribution in [3.8, 4) is 11.3 Å². The van der Waals surface area contributed by atoms with Crippen molar-refractivity contribution in [2.45, 2.75) is 31.9 Å². The highest BCUT2D eigenvalue weighted by atomic mass is 32.2. The first-order chi connectivity index (χ1) is 16.6. The lowest BCUT2D eigenvalue weighted by atomic mass is 10.1. The number of anilines is 2. The largest absolute Gasteiger partial charge is 0.382 e. The normalized spacial score (nSPS) is 14.3. The third-order valence-electron chi connectivity index (χ3n) is 5.03. The van der Waals surface area contributed by atoms with E-state index in [1.807, 2.05) is 31.2 Å². The van der Waals surface area contributed by atoms with Crippen LogP contribution in [-0.2, 0) is 18.9 Å². The first kappa shape index (κ1) is 26.8. The minimum Gasteiger partial charge on any atom is -0.382 e. The molecule has 188 valence electrons. The van der Waals surface area contributed by atoms with E-state index in [2.05, 4.69) is 20.4 Å². The van der Waals surface area contributed by atoms with Crippen LogP contribution in [0.3, 0.4) is 0 Å². The minimum absolute atomic E-state index is 0.0176. The number of nitrogens with one attached hydrogen (secondary N) is 2. The lowest BCUT2D eigenvalue weighted by Gasteiger charge is -2.18. The molecule has 0 aliphatic heterocycles. The van der Waals surface area contributed by atoms with Crippen LogP contribution in [0.2, 0.25) is 0 Å². The van der Waals surface area contributed by atoms with Crippen LogP contribution in [0.4, 0.5) is 11.5 Å². The highest BCUT2D eigenvalue weighted by molar-refractivity contribution is 7.98. The summed E-state index contributed by atoms with van der Waals surface area (Å²) in [5, 5.41) is 16.2. The molecule has 35 heavy (non-hydrogen) atoms. The Morgan fingerprint density at radius 1 is 1.11 bits per heavy atom. The number of aliphatic hydroxyl groups is 1. The third-order valence-corrected chi connectivity index (χ3v) is 10.2. The Balaban J connectivity index is 1.77. The molecule has 0 aliphatic rings. The molecule has 5 N–H and O–H groups in total.